The molecule has 4 amide bonds. The number of ether oxygens (including phenoxy) is 2. The molecular formula is C39H55F2N5O6S. The first-order valence-electron chi connectivity index (χ1n) is 18.4. The quantitative estimate of drug-likeness (QED) is 0.0881. The minimum Gasteiger partial charge on any atom is -0.483 e. The summed E-state index contributed by atoms with van der Waals surface area (Å²) in [4.78, 5) is 57.3. The van der Waals surface area contributed by atoms with Crippen molar-refractivity contribution in [2.24, 2.45) is 0 Å². The molecular weight excluding hydrogens is 705 g/mol. The van der Waals surface area contributed by atoms with Gasteiger partial charge in [0.2, 0.25) is 18.2 Å². The van der Waals surface area contributed by atoms with Gasteiger partial charge in [0.15, 0.2) is 0 Å². The molecule has 2 aliphatic heterocycles. The zero-order valence-corrected chi connectivity index (χ0v) is 32.8. The number of aryl methyl sites for hydroxylation is 1. The van der Waals surface area contributed by atoms with E-state index in [0.717, 1.165) is 38.5 Å². The van der Waals surface area contributed by atoms with Crippen molar-refractivity contribution in [1.29, 1.82) is 0 Å². The van der Waals surface area contributed by atoms with Gasteiger partial charge in [0.05, 0.1) is 29.9 Å². The fourth-order valence-corrected chi connectivity index (χ4v) is 7.08. The summed E-state index contributed by atoms with van der Waals surface area (Å²) in [6, 6.07) is 1.96. The number of unbranched alkanes of at least 4 members (excludes halogenated alkanes) is 3. The SMILES string of the molecule is CCCCC/C=C\CC(NC(=O)C1CC2(CC(F)c3c(c(C)nc4cc(F)ccc34)O2)CN1C(=O)CNC=O)C(=O)NSC1(C)CC1.COC(C)(C)C. The monoisotopic (exact) mass is 759 g/mol. The number of amides is 4. The Morgan fingerprint density at radius 2 is 1.91 bits per heavy atom. The van der Waals surface area contributed by atoms with E-state index in [1.165, 1.54) is 35.0 Å². The van der Waals surface area contributed by atoms with Crippen molar-refractivity contribution >= 4 is 47.0 Å². The van der Waals surface area contributed by atoms with Crippen molar-refractivity contribution in [3.05, 3.63) is 47.4 Å². The summed E-state index contributed by atoms with van der Waals surface area (Å²) in [5, 5.41) is 5.63. The maximum absolute atomic E-state index is 16.2. The maximum atomic E-state index is 16.2. The molecule has 1 saturated heterocycles. The molecule has 1 aliphatic carbocycles. The first-order valence-corrected chi connectivity index (χ1v) is 19.2. The molecule has 1 aromatic heterocycles. The standard InChI is InChI=1S/C34H43F2N5O5S.C5H12O/c1-4-5-6-7-8-9-10-25(31(44)40-47-33(3)13-14-33)39-32(45)27-17-34(19-41(27)28(43)18-37-20-42)16-24(36)29-23-12-11-22(35)15-26(23)38-21(2)30(29)46-34;1-5(2,3)6-4/h8-9,11-12,15,20,24-25,27H,4-7,10,13-14,16-19H2,1-3H3,(H,37,42)(H,39,45)(H,40,44);1-4H3/b9-8-;. The summed E-state index contributed by atoms with van der Waals surface area (Å²) >= 11 is 1.35. The Kier molecular flexibility index (Phi) is 14.3. The van der Waals surface area contributed by atoms with E-state index in [-0.39, 0.29) is 59.9 Å². The van der Waals surface area contributed by atoms with Gasteiger partial charge in [-0.05, 0) is 90.8 Å². The lowest BCUT2D eigenvalue weighted by Gasteiger charge is -2.38. The third-order valence-electron chi connectivity index (χ3n) is 9.76. The smallest absolute Gasteiger partial charge is 0.252 e. The molecule has 0 bridgehead atoms. The van der Waals surface area contributed by atoms with Crippen molar-refractivity contribution in [3.63, 3.8) is 0 Å². The van der Waals surface area contributed by atoms with Gasteiger partial charge >= 0.3 is 0 Å². The fraction of sp³-hybridized carbons (Fsp3) is 0.615. The van der Waals surface area contributed by atoms with Crippen LogP contribution in [0.5, 0.6) is 5.75 Å². The number of aromatic nitrogens is 1. The van der Waals surface area contributed by atoms with E-state index in [4.69, 9.17) is 9.47 Å². The number of carbonyl (C=O) groups excluding carboxylic acids is 4. The number of pyridine rings is 1. The molecule has 2 aromatic rings. The lowest BCUT2D eigenvalue weighted by atomic mass is 9.86. The number of carbonyl (C=O) groups is 4. The van der Waals surface area contributed by atoms with Crippen LogP contribution in [0, 0.1) is 12.7 Å². The van der Waals surface area contributed by atoms with Crippen LogP contribution >= 0.6 is 11.9 Å². The summed E-state index contributed by atoms with van der Waals surface area (Å²) in [7, 11) is 1.71. The minimum absolute atomic E-state index is 0.0170. The van der Waals surface area contributed by atoms with Crippen LogP contribution < -0.4 is 20.1 Å². The third kappa shape index (κ3) is 11.4. The Bertz CT molecular complexity index is 1660. The molecule has 3 N–H and O–H groups in total. The van der Waals surface area contributed by atoms with Crippen molar-refractivity contribution in [2.45, 2.75) is 134 Å². The second kappa shape index (κ2) is 18.0. The number of alkyl halides is 1. The molecule has 1 aromatic carbocycles. The van der Waals surface area contributed by atoms with Crippen LogP contribution in [-0.2, 0) is 23.9 Å². The molecule has 2 fully saturated rings. The van der Waals surface area contributed by atoms with Gasteiger partial charge < -0.3 is 25.0 Å². The number of likely N-dealkylation sites (tertiary alicyclic amines) is 1. The van der Waals surface area contributed by atoms with Crippen LogP contribution in [0.4, 0.5) is 8.78 Å². The second-order valence-corrected chi connectivity index (χ2v) is 16.8. The van der Waals surface area contributed by atoms with Gasteiger partial charge in [0.1, 0.15) is 35.4 Å². The van der Waals surface area contributed by atoms with Crippen LogP contribution in [0.25, 0.3) is 10.9 Å². The molecule has 1 saturated carbocycles. The average molecular weight is 760 g/mol. The summed E-state index contributed by atoms with van der Waals surface area (Å²) in [6.45, 7) is 11.4. The predicted octanol–water partition coefficient (Wildman–Crippen LogP) is 6.32. The van der Waals surface area contributed by atoms with Crippen molar-refractivity contribution in [2.75, 3.05) is 20.2 Å². The molecule has 4 atom stereocenters. The van der Waals surface area contributed by atoms with Crippen LogP contribution in [0.3, 0.4) is 0 Å². The number of rotatable bonds is 14. The van der Waals surface area contributed by atoms with Crippen LogP contribution in [0.1, 0.15) is 110 Å². The number of nitrogens with one attached hydrogen (secondary N) is 3. The van der Waals surface area contributed by atoms with Gasteiger partial charge in [-0.2, -0.15) is 0 Å². The Balaban J connectivity index is 0.000000964. The number of halogens is 2. The Hall–Kier alpha value is -3.78. The number of nitrogens with zero attached hydrogens (tertiary/aromatic N) is 2. The zero-order valence-electron chi connectivity index (χ0n) is 32.0. The molecule has 11 nitrogen and oxygen atoms in total. The van der Waals surface area contributed by atoms with E-state index in [1.807, 2.05) is 32.9 Å². The van der Waals surface area contributed by atoms with Crippen molar-refractivity contribution in [1.82, 2.24) is 25.2 Å². The highest BCUT2D eigenvalue weighted by molar-refractivity contribution is 7.99. The molecule has 4 unspecified atom stereocenters. The van der Waals surface area contributed by atoms with Gasteiger partial charge in [0.25, 0.3) is 5.91 Å². The predicted molar refractivity (Wildman–Crippen MR) is 202 cm³/mol. The lowest BCUT2D eigenvalue weighted by Crippen LogP contribution is -2.53. The highest BCUT2D eigenvalue weighted by Crippen LogP contribution is 2.50. The minimum atomic E-state index is -1.54. The highest BCUT2D eigenvalue weighted by atomic mass is 32.2. The summed E-state index contributed by atoms with van der Waals surface area (Å²) < 4.78 is 44.4. The summed E-state index contributed by atoms with van der Waals surface area (Å²) in [5.74, 6) is -1.75. The molecule has 53 heavy (non-hydrogen) atoms. The number of hydrogen-bond acceptors (Lipinski definition) is 8. The molecule has 14 heteroatoms. The van der Waals surface area contributed by atoms with Crippen LogP contribution in [-0.4, -0.2) is 82.2 Å². The summed E-state index contributed by atoms with van der Waals surface area (Å²) in [6.07, 6.45) is 8.85. The second-order valence-electron chi connectivity index (χ2n) is 15.4. The van der Waals surface area contributed by atoms with Gasteiger partial charge in [-0.1, -0.05) is 31.9 Å². The largest absolute Gasteiger partial charge is 0.483 e. The Morgan fingerprint density at radius 3 is 2.55 bits per heavy atom. The molecule has 5 rings (SSSR count). The first-order chi connectivity index (χ1) is 25.0. The van der Waals surface area contributed by atoms with Gasteiger partial charge in [-0.25, -0.2) is 13.8 Å². The molecule has 0 radical (unpaired) electrons. The Morgan fingerprint density at radius 1 is 1.19 bits per heavy atom. The van der Waals surface area contributed by atoms with Gasteiger partial charge in [0, 0.05) is 41.7 Å². The van der Waals surface area contributed by atoms with Crippen molar-refractivity contribution in [3.8, 4) is 5.75 Å². The van der Waals surface area contributed by atoms with Gasteiger partial charge in [-0.15, -0.1) is 0 Å². The van der Waals surface area contributed by atoms with E-state index < -0.39 is 41.5 Å². The van der Waals surface area contributed by atoms with Crippen molar-refractivity contribution < 1.29 is 37.4 Å². The average Bonchev–Trinajstić information content (AvgIpc) is 3.74. The number of hydrogen-bond donors (Lipinski definition) is 3. The van der Waals surface area contributed by atoms with E-state index in [2.05, 4.69) is 34.2 Å². The van der Waals surface area contributed by atoms with E-state index in [0.29, 0.717) is 23.0 Å². The van der Waals surface area contributed by atoms with Gasteiger partial charge in [-0.3, -0.25) is 23.9 Å². The molecule has 3 heterocycles. The summed E-state index contributed by atoms with van der Waals surface area (Å²) in [5.41, 5.74) is -0.312. The molecule has 3 aliphatic rings. The zero-order chi connectivity index (χ0) is 39.0. The van der Waals surface area contributed by atoms with E-state index in [1.54, 1.807) is 14.0 Å². The Labute approximate surface area is 315 Å². The highest BCUT2D eigenvalue weighted by Gasteiger charge is 2.54. The topological polar surface area (TPSA) is 139 Å². The fourth-order valence-electron chi connectivity index (χ4n) is 6.28. The van der Waals surface area contributed by atoms with E-state index >= 15 is 4.39 Å². The van der Waals surface area contributed by atoms with E-state index in [9.17, 15) is 23.6 Å². The number of methoxy groups -OCH3 is 1. The number of benzene rings is 1. The number of fused-ring (bicyclic) bond motifs is 3. The molecule has 292 valence electrons. The first kappa shape index (κ1) is 42.0. The number of allylic oxidation sites excluding steroid dienone is 1. The maximum Gasteiger partial charge on any atom is 0.252 e. The normalized spacial score (nSPS) is 22.0. The van der Waals surface area contributed by atoms with Crippen LogP contribution in [0.2, 0.25) is 0 Å². The molecule has 1 spiro atoms. The third-order valence-corrected chi connectivity index (χ3v) is 11.0. The lowest BCUT2D eigenvalue weighted by molar-refractivity contribution is -0.139. The van der Waals surface area contributed by atoms with Crippen LogP contribution in [0.15, 0.2) is 30.4 Å².